The number of unbranched alkanes of at least 4 members (excludes halogenated alkanes) is 4. The van der Waals surface area contributed by atoms with E-state index in [9.17, 15) is 4.79 Å². The number of carbonyl (C=O) groups is 1. The first-order chi connectivity index (χ1) is 6.66. The number of hydrogen-bond acceptors (Lipinski definition) is 2. The first-order valence-corrected chi connectivity index (χ1v) is 5.25. The van der Waals surface area contributed by atoms with E-state index >= 15 is 0 Å². The van der Waals surface area contributed by atoms with Crippen LogP contribution < -0.4 is 11.2 Å². The molecule has 0 fully saturated rings. The molecule has 0 rings (SSSR count). The van der Waals surface area contributed by atoms with Gasteiger partial charge < -0.3 is 5.73 Å². The van der Waals surface area contributed by atoms with Crippen LogP contribution in [0.5, 0.6) is 0 Å². The summed E-state index contributed by atoms with van der Waals surface area (Å²) in [6.45, 7) is 4.10. The van der Waals surface area contributed by atoms with E-state index in [0.29, 0.717) is 0 Å². The van der Waals surface area contributed by atoms with Gasteiger partial charge in [-0.05, 0) is 19.8 Å². The molecular formula is C10H21N3O. The van der Waals surface area contributed by atoms with Crippen LogP contribution in [0.2, 0.25) is 0 Å². The molecule has 0 aliphatic heterocycles. The zero-order valence-electron chi connectivity index (χ0n) is 9.18. The SMILES string of the molecule is CCCCCCCC(C)=NNC(N)=O. The van der Waals surface area contributed by atoms with Crippen molar-refractivity contribution in [3.05, 3.63) is 0 Å². The lowest BCUT2D eigenvalue weighted by molar-refractivity contribution is 0.249. The van der Waals surface area contributed by atoms with E-state index in [4.69, 9.17) is 5.73 Å². The molecule has 14 heavy (non-hydrogen) atoms. The van der Waals surface area contributed by atoms with Gasteiger partial charge in [-0.3, -0.25) is 0 Å². The minimum Gasteiger partial charge on any atom is -0.350 e. The first kappa shape index (κ1) is 12.9. The largest absolute Gasteiger partial charge is 0.350 e. The number of nitrogens with one attached hydrogen (secondary N) is 1. The van der Waals surface area contributed by atoms with Crippen molar-refractivity contribution >= 4 is 11.7 Å². The van der Waals surface area contributed by atoms with Gasteiger partial charge in [-0.15, -0.1) is 0 Å². The molecule has 0 saturated heterocycles. The van der Waals surface area contributed by atoms with Gasteiger partial charge in [0.25, 0.3) is 0 Å². The van der Waals surface area contributed by atoms with Gasteiger partial charge in [-0.25, -0.2) is 10.2 Å². The maximum absolute atomic E-state index is 10.3. The van der Waals surface area contributed by atoms with E-state index in [-0.39, 0.29) is 0 Å². The zero-order chi connectivity index (χ0) is 10.8. The molecule has 0 saturated carbocycles. The predicted octanol–water partition coefficient (Wildman–Crippen LogP) is 2.39. The molecule has 4 heteroatoms. The fourth-order valence-corrected chi connectivity index (χ4v) is 1.19. The molecule has 0 atom stereocenters. The fraction of sp³-hybridized carbons (Fsp3) is 0.800. The van der Waals surface area contributed by atoms with Crippen LogP contribution in [0.4, 0.5) is 4.79 Å². The maximum atomic E-state index is 10.3. The smallest absolute Gasteiger partial charge is 0.332 e. The van der Waals surface area contributed by atoms with Gasteiger partial charge in [0.1, 0.15) is 0 Å². The summed E-state index contributed by atoms with van der Waals surface area (Å²) in [7, 11) is 0. The van der Waals surface area contributed by atoms with Crippen LogP contribution in [0.1, 0.15) is 52.4 Å². The Hall–Kier alpha value is -1.06. The molecule has 0 radical (unpaired) electrons. The fourth-order valence-electron chi connectivity index (χ4n) is 1.19. The molecule has 0 heterocycles. The van der Waals surface area contributed by atoms with Crippen molar-refractivity contribution in [1.29, 1.82) is 0 Å². The third kappa shape index (κ3) is 9.03. The Bertz CT molecular complexity index is 190. The van der Waals surface area contributed by atoms with Crippen molar-refractivity contribution < 1.29 is 4.79 Å². The van der Waals surface area contributed by atoms with Gasteiger partial charge in [-0.2, -0.15) is 5.10 Å². The van der Waals surface area contributed by atoms with Crippen LogP contribution in [-0.4, -0.2) is 11.7 Å². The lowest BCUT2D eigenvalue weighted by Gasteiger charge is -2.00. The minimum absolute atomic E-state index is 0.602. The lowest BCUT2D eigenvalue weighted by atomic mass is 10.1. The van der Waals surface area contributed by atoms with Gasteiger partial charge in [0, 0.05) is 5.71 Å². The lowest BCUT2D eigenvalue weighted by Crippen LogP contribution is -2.25. The molecule has 0 aromatic rings. The number of carbonyl (C=O) groups excluding carboxylic acids is 1. The van der Waals surface area contributed by atoms with E-state index in [1.54, 1.807) is 0 Å². The average molecular weight is 199 g/mol. The molecule has 3 N–H and O–H groups in total. The van der Waals surface area contributed by atoms with Crippen LogP contribution in [0.3, 0.4) is 0 Å². The molecule has 0 aromatic heterocycles. The summed E-state index contributed by atoms with van der Waals surface area (Å²) < 4.78 is 0. The van der Waals surface area contributed by atoms with Crippen molar-refractivity contribution in [2.24, 2.45) is 10.8 Å². The summed E-state index contributed by atoms with van der Waals surface area (Å²) in [4.78, 5) is 10.3. The first-order valence-electron chi connectivity index (χ1n) is 5.25. The summed E-state index contributed by atoms with van der Waals surface area (Å²) in [5, 5.41) is 3.83. The van der Waals surface area contributed by atoms with Crippen molar-refractivity contribution in [2.75, 3.05) is 0 Å². The third-order valence-corrected chi connectivity index (χ3v) is 2.00. The molecule has 0 aliphatic rings. The number of primary amides is 1. The monoisotopic (exact) mass is 199 g/mol. The number of nitrogens with two attached hydrogens (primary N) is 1. The molecule has 0 spiro atoms. The number of hydrogen-bond donors (Lipinski definition) is 2. The second-order valence-corrected chi connectivity index (χ2v) is 3.49. The van der Waals surface area contributed by atoms with Gasteiger partial charge in [0.05, 0.1) is 0 Å². The highest BCUT2D eigenvalue weighted by Gasteiger charge is 1.94. The van der Waals surface area contributed by atoms with E-state index in [0.717, 1.165) is 18.6 Å². The van der Waals surface area contributed by atoms with Crippen LogP contribution >= 0.6 is 0 Å². The molecule has 2 amide bonds. The van der Waals surface area contributed by atoms with E-state index in [1.165, 1.54) is 25.7 Å². The number of hydrazone groups is 1. The number of urea groups is 1. The Morgan fingerprint density at radius 1 is 1.29 bits per heavy atom. The van der Waals surface area contributed by atoms with Gasteiger partial charge in [0.15, 0.2) is 0 Å². The van der Waals surface area contributed by atoms with E-state index in [1.807, 2.05) is 6.92 Å². The van der Waals surface area contributed by atoms with Crippen LogP contribution in [0.25, 0.3) is 0 Å². The topological polar surface area (TPSA) is 67.5 Å². The highest BCUT2D eigenvalue weighted by Crippen LogP contribution is 2.05. The predicted molar refractivity (Wildman–Crippen MR) is 59.2 cm³/mol. The molecule has 82 valence electrons. The van der Waals surface area contributed by atoms with E-state index in [2.05, 4.69) is 17.5 Å². The molecular weight excluding hydrogens is 178 g/mol. The Morgan fingerprint density at radius 2 is 1.93 bits per heavy atom. The maximum Gasteiger partial charge on any atom is 0.332 e. The van der Waals surface area contributed by atoms with Crippen molar-refractivity contribution in [1.82, 2.24) is 5.43 Å². The van der Waals surface area contributed by atoms with Crippen LogP contribution in [0.15, 0.2) is 5.10 Å². The standard InChI is InChI=1S/C10H21N3O/c1-3-4-5-6-7-8-9(2)12-13-10(11)14/h3-8H2,1-2H3,(H3,11,13,14). The molecule has 0 aliphatic carbocycles. The van der Waals surface area contributed by atoms with Gasteiger partial charge in [0.2, 0.25) is 0 Å². The number of rotatable bonds is 7. The summed E-state index contributed by atoms with van der Waals surface area (Å²) in [6.07, 6.45) is 7.15. The Balaban J connectivity index is 3.38. The zero-order valence-corrected chi connectivity index (χ0v) is 9.18. The number of amides is 2. The Morgan fingerprint density at radius 3 is 2.50 bits per heavy atom. The Kier molecular flexibility index (Phi) is 7.89. The van der Waals surface area contributed by atoms with Crippen molar-refractivity contribution in [3.8, 4) is 0 Å². The quantitative estimate of drug-likeness (QED) is 0.369. The average Bonchev–Trinajstić information content (AvgIpc) is 2.14. The highest BCUT2D eigenvalue weighted by molar-refractivity contribution is 5.83. The summed E-state index contributed by atoms with van der Waals surface area (Å²) >= 11 is 0. The van der Waals surface area contributed by atoms with E-state index < -0.39 is 6.03 Å². The molecule has 4 nitrogen and oxygen atoms in total. The highest BCUT2D eigenvalue weighted by atomic mass is 16.2. The third-order valence-electron chi connectivity index (χ3n) is 2.00. The van der Waals surface area contributed by atoms with Crippen LogP contribution in [0, 0.1) is 0 Å². The molecule has 0 unspecified atom stereocenters. The summed E-state index contributed by atoms with van der Waals surface area (Å²) in [5.74, 6) is 0. The van der Waals surface area contributed by atoms with Crippen LogP contribution in [-0.2, 0) is 0 Å². The molecule has 0 aromatic carbocycles. The van der Waals surface area contributed by atoms with Gasteiger partial charge >= 0.3 is 6.03 Å². The van der Waals surface area contributed by atoms with Crippen molar-refractivity contribution in [3.63, 3.8) is 0 Å². The molecule has 0 bridgehead atoms. The Labute approximate surface area is 85.9 Å². The summed E-state index contributed by atoms with van der Waals surface area (Å²) in [6, 6.07) is -0.602. The second kappa shape index (κ2) is 8.53. The summed E-state index contributed by atoms with van der Waals surface area (Å²) in [5.41, 5.74) is 8.03. The second-order valence-electron chi connectivity index (χ2n) is 3.49. The normalized spacial score (nSPS) is 11.4. The van der Waals surface area contributed by atoms with Crippen molar-refractivity contribution in [2.45, 2.75) is 52.4 Å². The minimum atomic E-state index is -0.602. The van der Waals surface area contributed by atoms with Gasteiger partial charge in [-0.1, -0.05) is 32.6 Å². The number of nitrogens with zero attached hydrogens (tertiary/aromatic N) is 1.